The number of aliphatic carboxylic acids is 1. The SMILES string of the molecule is CC(C)CCc1nc2cc(F)c(F)cc2n1CCC(=O)O. The molecule has 0 saturated heterocycles. The fourth-order valence-corrected chi connectivity index (χ4v) is 2.24. The van der Waals surface area contributed by atoms with E-state index in [-0.39, 0.29) is 13.0 Å². The summed E-state index contributed by atoms with van der Waals surface area (Å²) >= 11 is 0. The van der Waals surface area contributed by atoms with Gasteiger partial charge in [-0.25, -0.2) is 13.8 Å². The summed E-state index contributed by atoms with van der Waals surface area (Å²) in [4.78, 5) is 15.1. The molecule has 6 heteroatoms. The number of hydrogen-bond donors (Lipinski definition) is 1. The van der Waals surface area contributed by atoms with Crippen LogP contribution in [0.25, 0.3) is 11.0 Å². The van der Waals surface area contributed by atoms with Gasteiger partial charge in [0.25, 0.3) is 0 Å². The summed E-state index contributed by atoms with van der Waals surface area (Å²) in [6.45, 7) is 4.34. The second kappa shape index (κ2) is 6.20. The van der Waals surface area contributed by atoms with Crippen molar-refractivity contribution in [2.24, 2.45) is 5.92 Å². The lowest BCUT2D eigenvalue weighted by molar-refractivity contribution is -0.137. The van der Waals surface area contributed by atoms with Gasteiger partial charge in [0.15, 0.2) is 11.6 Å². The van der Waals surface area contributed by atoms with Crippen LogP contribution in [-0.2, 0) is 17.8 Å². The van der Waals surface area contributed by atoms with Crippen LogP contribution in [0.3, 0.4) is 0 Å². The molecular weight excluding hydrogens is 278 g/mol. The van der Waals surface area contributed by atoms with Crippen LogP contribution in [0.5, 0.6) is 0 Å². The van der Waals surface area contributed by atoms with Crippen molar-refractivity contribution in [3.05, 3.63) is 29.6 Å². The van der Waals surface area contributed by atoms with Gasteiger partial charge in [-0.15, -0.1) is 0 Å². The highest BCUT2D eigenvalue weighted by molar-refractivity contribution is 5.76. The number of hydrogen-bond acceptors (Lipinski definition) is 2. The molecule has 2 aromatic rings. The molecule has 0 aliphatic heterocycles. The molecule has 0 aliphatic carbocycles. The molecule has 0 atom stereocenters. The van der Waals surface area contributed by atoms with Crippen molar-refractivity contribution < 1.29 is 18.7 Å². The van der Waals surface area contributed by atoms with Crippen molar-refractivity contribution in [1.82, 2.24) is 9.55 Å². The molecule has 0 aliphatic rings. The molecule has 0 unspecified atom stereocenters. The van der Waals surface area contributed by atoms with E-state index in [1.54, 1.807) is 4.57 Å². The Morgan fingerprint density at radius 3 is 2.62 bits per heavy atom. The molecule has 0 spiro atoms. The van der Waals surface area contributed by atoms with E-state index in [4.69, 9.17) is 5.11 Å². The topological polar surface area (TPSA) is 55.1 Å². The maximum absolute atomic E-state index is 13.4. The second-order valence-corrected chi connectivity index (χ2v) is 5.51. The molecular formula is C15H18F2N2O2. The Labute approximate surface area is 121 Å². The molecule has 21 heavy (non-hydrogen) atoms. The predicted octanol–water partition coefficient (Wildman–Crippen LogP) is 3.38. The summed E-state index contributed by atoms with van der Waals surface area (Å²) in [5, 5.41) is 8.82. The Morgan fingerprint density at radius 2 is 2.00 bits per heavy atom. The van der Waals surface area contributed by atoms with Gasteiger partial charge in [-0.2, -0.15) is 0 Å². The van der Waals surface area contributed by atoms with E-state index in [1.165, 1.54) is 0 Å². The van der Waals surface area contributed by atoms with Crippen LogP contribution in [0, 0.1) is 17.6 Å². The standard InChI is InChI=1S/C15H18F2N2O2/c1-9(2)3-4-14-18-12-7-10(16)11(17)8-13(12)19(14)6-5-15(20)21/h7-9H,3-6H2,1-2H3,(H,20,21). The van der Waals surface area contributed by atoms with Gasteiger partial charge >= 0.3 is 5.97 Å². The summed E-state index contributed by atoms with van der Waals surface area (Å²) in [6, 6.07) is 2.14. The van der Waals surface area contributed by atoms with Crippen molar-refractivity contribution in [2.75, 3.05) is 0 Å². The Morgan fingerprint density at radius 1 is 1.33 bits per heavy atom. The van der Waals surface area contributed by atoms with Gasteiger partial charge in [-0.1, -0.05) is 13.8 Å². The van der Waals surface area contributed by atoms with Gasteiger partial charge in [0.2, 0.25) is 0 Å². The zero-order valence-corrected chi connectivity index (χ0v) is 12.1. The van der Waals surface area contributed by atoms with Crippen molar-refractivity contribution in [1.29, 1.82) is 0 Å². The number of nitrogens with zero attached hydrogens (tertiary/aromatic N) is 2. The number of carbonyl (C=O) groups is 1. The zero-order valence-electron chi connectivity index (χ0n) is 12.1. The third-order valence-electron chi connectivity index (χ3n) is 3.36. The molecule has 1 aromatic carbocycles. The van der Waals surface area contributed by atoms with E-state index in [0.717, 1.165) is 18.6 Å². The molecule has 0 fully saturated rings. The van der Waals surface area contributed by atoms with Crippen molar-refractivity contribution in [3.8, 4) is 0 Å². The van der Waals surface area contributed by atoms with E-state index >= 15 is 0 Å². The lowest BCUT2D eigenvalue weighted by Gasteiger charge is -2.09. The van der Waals surface area contributed by atoms with E-state index in [1.807, 2.05) is 0 Å². The molecule has 114 valence electrons. The summed E-state index contributed by atoms with van der Waals surface area (Å²) in [7, 11) is 0. The molecule has 0 bridgehead atoms. The van der Waals surface area contributed by atoms with Crippen LogP contribution >= 0.6 is 0 Å². The summed E-state index contributed by atoms with van der Waals surface area (Å²) in [6.07, 6.45) is 1.44. The molecule has 4 nitrogen and oxygen atoms in total. The van der Waals surface area contributed by atoms with Gasteiger partial charge in [0.1, 0.15) is 5.82 Å². The third kappa shape index (κ3) is 3.56. The number of halogens is 2. The first-order chi connectivity index (χ1) is 9.88. The van der Waals surface area contributed by atoms with Crippen LogP contribution in [0.15, 0.2) is 12.1 Å². The summed E-state index contributed by atoms with van der Waals surface area (Å²) in [5.41, 5.74) is 0.798. The molecule has 0 radical (unpaired) electrons. The third-order valence-corrected chi connectivity index (χ3v) is 3.36. The maximum Gasteiger partial charge on any atom is 0.305 e. The van der Waals surface area contributed by atoms with E-state index in [2.05, 4.69) is 18.8 Å². The average molecular weight is 296 g/mol. The predicted molar refractivity (Wildman–Crippen MR) is 75.1 cm³/mol. The van der Waals surface area contributed by atoms with Crippen molar-refractivity contribution >= 4 is 17.0 Å². The number of carboxylic acids is 1. The van der Waals surface area contributed by atoms with Gasteiger partial charge in [0.05, 0.1) is 17.5 Å². The number of aromatic nitrogens is 2. The molecule has 1 aromatic heterocycles. The average Bonchev–Trinajstić information content (AvgIpc) is 2.71. The first kappa shape index (κ1) is 15.4. The normalized spacial score (nSPS) is 11.5. The molecule has 2 rings (SSSR count). The first-order valence-electron chi connectivity index (χ1n) is 6.94. The maximum atomic E-state index is 13.4. The fourth-order valence-electron chi connectivity index (χ4n) is 2.24. The Bertz CT molecular complexity index is 665. The van der Waals surface area contributed by atoms with Crippen LogP contribution in [-0.4, -0.2) is 20.6 Å². The number of fused-ring (bicyclic) bond motifs is 1. The Kier molecular flexibility index (Phi) is 4.55. The minimum atomic E-state index is -0.950. The van der Waals surface area contributed by atoms with Crippen molar-refractivity contribution in [2.45, 2.75) is 39.7 Å². The van der Waals surface area contributed by atoms with Gasteiger partial charge in [-0.05, 0) is 12.3 Å². The second-order valence-electron chi connectivity index (χ2n) is 5.51. The molecule has 0 amide bonds. The van der Waals surface area contributed by atoms with Crippen LogP contribution in [0.2, 0.25) is 0 Å². The molecule has 1 N–H and O–H groups in total. The minimum Gasteiger partial charge on any atom is -0.481 e. The highest BCUT2D eigenvalue weighted by Crippen LogP contribution is 2.22. The lowest BCUT2D eigenvalue weighted by atomic mass is 10.1. The van der Waals surface area contributed by atoms with Crippen molar-refractivity contribution in [3.63, 3.8) is 0 Å². The zero-order chi connectivity index (χ0) is 15.6. The highest BCUT2D eigenvalue weighted by atomic mass is 19.2. The Hall–Kier alpha value is -1.98. The van der Waals surface area contributed by atoms with E-state index in [9.17, 15) is 13.6 Å². The van der Waals surface area contributed by atoms with Crippen LogP contribution in [0.1, 0.15) is 32.5 Å². The summed E-state index contributed by atoms with van der Waals surface area (Å²) in [5.74, 6) is -1.69. The number of carboxylic acid groups (broad SMARTS) is 1. The minimum absolute atomic E-state index is 0.0842. The number of rotatable bonds is 6. The smallest absolute Gasteiger partial charge is 0.305 e. The highest BCUT2D eigenvalue weighted by Gasteiger charge is 2.15. The number of benzene rings is 1. The number of aryl methyl sites for hydroxylation is 2. The molecule has 1 heterocycles. The van der Waals surface area contributed by atoms with Crippen LogP contribution in [0.4, 0.5) is 8.78 Å². The first-order valence-corrected chi connectivity index (χ1v) is 6.94. The quantitative estimate of drug-likeness (QED) is 0.889. The number of imidazole rings is 1. The van der Waals surface area contributed by atoms with E-state index in [0.29, 0.717) is 29.2 Å². The van der Waals surface area contributed by atoms with E-state index < -0.39 is 17.6 Å². The lowest BCUT2D eigenvalue weighted by Crippen LogP contribution is -2.09. The van der Waals surface area contributed by atoms with Gasteiger partial charge < -0.3 is 9.67 Å². The fraction of sp³-hybridized carbons (Fsp3) is 0.467. The Balaban J connectivity index is 2.43. The van der Waals surface area contributed by atoms with Gasteiger partial charge in [-0.3, -0.25) is 4.79 Å². The van der Waals surface area contributed by atoms with Gasteiger partial charge in [0, 0.05) is 25.1 Å². The summed E-state index contributed by atoms with van der Waals surface area (Å²) < 4.78 is 28.4. The molecule has 0 saturated carbocycles. The monoisotopic (exact) mass is 296 g/mol. The largest absolute Gasteiger partial charge is 0.481 e. The van der Waals surface area contributed by atoms with Crippen LogP contribution < -0.4 is 0 Å².